The number of rotatable bonds is 6. The molecule has 8 nitrogen and oxygen atoms in total. The Morgan fingerprint density at radius 2 is 1.71 bits per heavy atom. The highest BCUT2D eigenvalue weighted by Crippen LogP contribution is 2.39. The fraction of sp³-hybridized carbons (Fsp3) is 0.192. The van der Waals surface area contributed by atoms with E-state index >= 15 is 0 Å². The van der Waals surface area contributed by atoms with Crippen molar-refractivity contribution < 1.29 is 9.59 Å². The third kappa shape index (κ3) is 3.88. The van der Waals surface area contributed by atoms with Crippen molar-refractivity contribution >= 4 is 22.7 Å². The summed E-state index contributed by atoms with van der Waals surface area (Å²) in [6.45, 7) is 6.29. The van der Waals surface area contributed by atoms with Crippen LogP contribution in [0.1, 0.15) is 63.1 Å². The van der Waals surface area contributed by atoms with E-state index in [9.17, 15) is 9.59 Å². The van der Waals surface area contributed by atoms with Crippen LogP contribution in [0, 0.1) is 18.3 Å². The van der Waals surface area contributed by atoms with Gasteiger partial charge in [-0.3, -0.25) is 14.3 Å². The van der Waals surface area contributed by atoms with Gasteiger partial charge in [0.25, 0.3) is 5.91 Å². The molecule has 0 aliphatic carbocycles. The number of para-hydroxylation sites is 1. The fourth-order valence-corrected chi connectivity index (χ4v) is 4.36. The van der Waals surface area contributed by atoms with Gasteiger partial charge >= 0.3 is 0 Å². The average Bonchev–Trinajstić information content (AvgIpc) is 3.13. The lowest BCUT2D eigenvalue weighted by atomic mass is 9.89. The molecule has 0 unspecified atom stereocenters. The molecule has 0 aliphatic heterocycles. The maximum absolute atomic E-state index is 12.7. The Hall–Kier alpha value is -4.51. The second-order valence-corrected chi connectivity index (χ2v) is 8.42. The Morgan fingerprint density at radius 1 is 1.03 bits per heavy atom. The Balaban J connectivity index is 2.03. The number of nitriles is 1. The molecule has 2 aromatic heterocycles. The fourth-order valence-electron chi connectivity index (χ4n) is 4.36. The zero-order chi connectivity index (χ0) is 24.6. The van der Waals surface area contributed by atoms with E-state index in [1.165, 1.54) is 0 Å². The minimum atomic E-state index is -0.753. The summed E-state index contributed by atoms with van der Waals surface area (Å²) in [5, 5.41) is 14.4. The van der Waals surface area contributed by atoms with Crippen molar-refractivity contribution in [3.63, 3.8) is 0 Å². The minimum absolute atomic E-state index is 0.0116. The molecule has 4 N–H and O–H groups in total. The lowest BCUT2D eigenvalue weighted by molar-refractivity contribution is 0.0996. The molecule has 34 heavy (non-hydrogen) atoms. The maximum Gasteiger partial charge on any atom is 0.267 e. The summed E-state index contributed by atoms with van der Waals surface area (Å²) < 4.78 is 1.85. The van der Waals surface area contributed by atoms with Crippen molar-refractivity contribution in [2.45, 2.75) is 33.2 Å². The largest absolute Gasteiger partial charge is 0.366 e. The van der Waals surface area contributed by atoms with Crippen LogP contribution in [0.2, 0.25) is 0 Å². The zero-order valence-corrected chi connectivity index (χ0v) is 19.2. The van der Waals surface area contributed by atoms with Crippen molar-refractivity contribution in [2.75, 3.05) is 0 Å². The molecule has 4 aromatic rings. The van der Waals surface area contributed by atoms with Gasteiger partial charge in [0.15, 0.2) is 0 Å². The lowest BCUT2D eigenvalue weighted by Gasteiger charge is -2.18. The lowest BCUT2D eigenvalue weighted by Crippen LogP contribution is -2.21. The Morgan fingerprint density at radius 3 is 2.29 bits per heavy atom. The molecule has 2 heterocycles. The number of pyridine rings is 1. The van der Waals surface area contributed by atoms with E-state index in [1.807, 2.05) is 37.6 Å². The van der Waals surface area contributed by atoms with Crippen molar-refractivity contribution in [1.29, 1.82) is 5.26 Å². The van der Waals surface area contributed by atoms with Gasteiger partial charge in [0.1, 0.15) is 5.69 Å². The Kier molecular flexibility index (Phi) is 5.86. The molecule has 8 heteroatoms. The Labute approximate surface area is 196 Å². The van der Waals surface area contributed by atoms with Crippen LogP contribution in [0.5, 0.6) is 0 Å². The summed E-state index contributed by atoms with van der Waals surface area (Å²) in [5.74, 6) is -1.44. The number of hydrogen-bond donors (Lipinski definition) is 2. The summed E-state index contributed by atoms with van der Waals surface area (Å²) in [4.78, 5) is 29.7. The number of fused-ring (bicyclic) bond motifs is 1. The first-order valence-corrected chi connectivity index (χ1v) is 10.8. The molecule has 2 amide bonds. The molecule has 0 radical (unpaired) electrons. The number of carbonyl (C=O) groups excluding carboxylic acids is 2. The molecular formula is C26H24N6O2. The number of amides is 2. The highest BCUT2D eigenvalue weighted by atomic mass is 16.1. The van der Waals surface area contributed by atoms with E-state index in [4.69, 9.17) is 21.8 Å². The SMILES string of the molecule is Cc1nn(Cc2ccc(C#N)cc2)c(C(C)C)c1-c1c(C(N)=O)nc2ccccc2c1C(N)=O. The van der Waals surface area contributed by atoms with Gasteiger partial charge in [-0.15, -0.1) is 0 Å². The zero-order valence-electron chi connectivity index (χ0n) is 19.2. The number of aromatic nitrogens is 3. The number of benzene rings is 2. The maximum atomic E-state index is 12.7. The highest BCUT2D eigenvalue weighted by Gasteiger charge is 2.29. The summed E-state index contributed by atoms with van der Waals surface area (Å²) in [6.07, 6.45) is 0. The number of nitrogens with zero attached hydrogens (tertiary/aromatic N) is 4. The number of primary amides is 2. The molecule has 0 spiro atoms. The molecule has 170 valence electrons. The first-order valence-electron chi connectivity index (χ1n) is 10.8. The first-order chi connectivity index (χ1) is 16.2. The van der Waals surface area contributed by atoms with E-state index in [1.54, 1.807) is 36.4 Å². The molecule has 0 aliphatic rings. The predicted molar refractivity (Wildman–Crippen MR) is 129 cm³/mol. The molecule has 4 rings (SSSR count). The molecular weight excluding hydrogens is 428 g/mol. The second-order valence-electron chi connectivity index (χ2n) is 8.42. The topological polar surface area (TPSA) is 141 Å². The van der Waals surface area contributed by atoms with Gasteiger partial charge in [0.2, 0.25) is 5.91 Å². The van der Waals surface area contributed by atoms with Crippen LogP contribution in [0.25, 0.3) is 22.0 Å². The third-order valence-corrected chi connectivity index (χ3v) is 5.75. The average molecular weight is 453 g/mol. The van der Waals surface area contributed by atoms with Gasteiger partial charge in [-0.1, -0.05) is 44.2 Å². The minimum Gasteiger partial charge on any atom is -0.366 e. The quantitative estimate of drug-likeness (QED) is 0.459. The van der Waals surface area contributed by atoms with Gasteiger partial charge in [0, 0.05) is 22.2 Å². The van der Waals surface area contributed by atoms with Crippen LogP contribution in [0.3, 0.4) is 0 Å². The number of carbonyl (C=O) groups is 2. The van der Waals surface area contributed by atoms with Crippen LogP contribution >= 0.6 is 0 Å². The third-order valence-electron chi connectivity index (χ3n) is 5.75. The van der Waals surface area contributed by atoms with E-state index in [0.29, 0.717) is 39.8 Å². The summed E-state index contributed by atoms with van der Waals surface area (Å²) >= 11 is 0. The van der Waals surface area contributed by atoms with Gasteiger partial charge in [-0.05, 0) is 36.6 Å². The van der Waals surface area contributed by atoms with Crippen LogP contribution in [-0.2, 0) is 6.54 Å². The van der Waals surface area contributed by atoms with Crippen LogP contribution in [0.15, 0.2) is 48.5 Å². The summed E-state index contributed by atoms with van der Waals surface area (Å²) in [6, 6.07) is 16.4. The number of nitrogens with two attached hydrogens (primary N) is 2. The molecule has 0 saturated heterocycles. The standard InChI is InChI=1S/C26H24N6O2/c1-14(2)24-20(15(3)31-32(24)13-17-10-8-16(12-27)9-11-17)22-21(25(28)33)18-6-4-5-7-19(18)30-23(22)26(29)34/h4-11,14H,13H2,1-3H3,(H2,28,33)(H2,29,34). The van der Waals surface area contributed by atoms with Gasteiger partial charge < -0.3 is 11.5 Å². The monoisotopic (exact) mass is 452 g/mol. The smallest absolute Gasteiger partial charge is 0.267 e. The molecule has 2 aromatic carbocycles. The van der Waals surface area contributed by atoms with Gasteiger partial charge in [-0.25, -0.2) is 4.98 Å². The Bertz CT molecular complexity index is 1480. The van der Waals surface area contributed by atoms with E-state index in [2.05, 4.69) is 11.1 Å². The summed E-state index contributed by atoms with van der Waals surface area (Å²) in [7, 11) is 0. The van der Waals surface area contributed by atoms with Gasteiger partial charge in [-0.2, -0.15) is 10.4 Å². The molecule has 0 saturated carbocycles. The van der Waals surface area contributed by atoms with Gasteiger partial charge in [0.05, 0.1) is 35.0 Å². The molecule has 0 fully saturated rings. The van der Waals surface area contributed by atoms with Crippen molar-refractivity contribution in [3.05, 3.63) is 82.3 Å². The molecule has 0 bridgehead atoms. The van der Waals surface area contributed by atoms with Crippen LogP contribution < -0.4 is 11.5 Å². The van der Waals surface area contributed by atoms with E-state index in [-0.39, 0.29) is 17.2 Å². The predicted octanol–water partition coefficient (Wildman–Crippen LogP) is 3.65. The molecule has 0 atom stereocenters. The van der Waals surface area contributed by atoms with Crippen molar-refractivity contribution in [3.8, 4) is 17.2 Å². The van der Waals surface area contributed by atoms with Crippen molar-refractivity contribution in [2.24, 2.45) is 11.5 Å². The summed E-state index contributed by atoms with van der Waals surface area (Å²) in [5.41, 5.74) is 16.1. The normalized spacial score (nSPS) is 11.0. The van der Waals surface area contributed by atoms with E-state index < -0.39 is 11.8 Å². The number of aryl methyl sites for hydroxylation is 1. The van der Waals surface area contributed by atoms with Crippen molar-refractivity contribution in [1.82, 2.24) is 14.8 Å². The number of hydrogen-bond acceptors (Lipinski definition) is 5. The van der Waals surface area contributed by atoms with Crippen LogP contribution in [-0.4, -0.2) is 26.6 Å². The second kappa shape index (κ2) is 8.79. The van der Waals surface area contributed by atoms with Crippen LogP contribution in [0.4, 0.5) is 0 Å². The van der Waals surface area contributed by atoms with E-state index in [0.717, 1.165) is 11.3 Å². The first kappa shape index (κ1) is 22.7. The highest BCUT2D eigenvalue weighted by molar-refractivity contribution is 6.15.